The summed E-state index contributed by atoms with van der Waals surface area (Å²) in [6, 6.07) is 0. The van der Waals surface area contributed by atoms with Crippen LogP contribution in [0.25, 0.3) is 0 Å². The minimum Gasteiger partial charge on any atom is -0.394 e. The first-order valence-corrected chi connectivity index (χ1v) is 3.84. The summed E-state index contributed by atoms with van der Waals surface area (Å²) in [5, 5.41) is 25.6. The third-order valence-electron chi connectivity index (χ3n) is 1.08. The molecule has 13 heavy (non-hydrogen) atoms. The molecule has 0 aromatic carbocycles. The van der Waals surface area contributed by atoms with Gasteiger partial charge in [-0.25, -0.2) is 0 Å². The first-order valence-electron chi connectivity index (χ1n) is 3.84. The van der Waals surface area contributed by atoms with E-state index in [9.17, 15) is 0 Å². The second-order valence-corrected chi connectivity index (χ2v) is 2.20. The number of aliphatic hydroxyl groups excluding tert-OH is 3. The molecule has 1 atom stereocenters. The molecule has 0 radical (unpaired) electrons. The van der Waals surface area contributed by atoms with E-state index < -0.39 is 6.10 Å². The molecule has 70 valence electrons. The molecule has 0 fully saturated rings. The van der Waals surface area contributed by atoms with Crippen molar-refractivity contribution in [3.8, 4) is 23.7 Å². The summed E-state index contributed by atoms with van der Waals surface area (Å²) >= 11 is 0. The number of hydrogen-bond acceptors (Lipinski definition) is 3. The second-order valence-electron chi connectivity index (χ2n) is 2.20. The van der Waals surface area contributed by atoms with Crippen molar-refractivity contribution in [2.45, 2.75) is 12.5 Å². The Hall–Kier alpha value is -1.26. The van der Waals surface area contributed by atoms with Crippen LogP contribution in [-0.4, -0.2) is 34.6 Å². The van der Waals surface area contributed by atoms with Crippen molar-refractivity contribution in [2.24, 2.45) is 0 Å². The maximum absolute atomic E-state index is 8.85. The topological polar surface area (TPSA) is 60.7 Å². The number of allylic oxidation sites excluding steroid dienone is 1. The minimum absolute atomic E-state index is 0.0364. The molecular formula is C10H12O3. The van der Waals surface area contributed by atoms with Crippen LogP contribution in [0, 0.1) is 23.7 Å². The molecule has 0 rings (SSSR count). The van der Waals surface area contributed by atoms with Crippen LogP contribution in [0.1, 0.15) is 6.42 Å². The maximum atomic E-state index is 8.85. The quantitative estimate of drug-likeness (QED) is 0.502. The van der Waals surface area contributed by atoms with Crippen LogP contribution in [0.5, 0.6) is 0 Å². The van der Waals surface area contributed by atoms with Crippen LogP contribution in [0.2, 0.25) is 0 Å². The fourth-order valence-electron chi connectivity index (χ4n) is 0.467. The second kappa shape index (κ2) is 8.83. The fraction of sp³-hybridized carbons (Fsp3) is 0.400. The standard InChI is InChI=1S/C10H12O3/c11-8-6-4-2-1-3-5-7-10(13)9-12/h4,6,10-13H,7-9H2. The minimum atomic E-state index is -0.790. The van der Waals surface area contributed by atoms with Crippen molar-refractivity contribution in [1.82, 2.24) is 0 Å². The van der Waals surface area contributed by atoms with E-state index in [4.69, 9.17) is 15.3 Å². The average molecular weight is 180 g/mol. The molecule has 0 aliphatic rings. The first-order chi connectivity index (χ1) is 6.31. The summed E-state index contributed by atoms with van der Waals surface area (Å²) in [4.78, 5) is 0. The Morgan fingerprint density at radius 3 is 2.62 bits per heavy atom. The summed E-state index contributed by atoms with van der Waals surface area (Å²) in [6.45, 7) is -0.322. The highest BCUT2D eigenvalue weighted by atomic mass is 16.3. The Morgan fingerprint density at radius 2 is 2.00 bits per heavy atom. The number of rotatable bonds is 3. The van der Waals surface area contributed by atoms with Crippen molar-refractivity contribution in [2.75, 3.05) is 13.2 Å². The van der Waals surface area contributed by atoms with Gasteiger partial charge in [-0.1, -0.05) is 17.9 Å². The lowest BCUT2D eigenvalue weighted by atomic mass is 10.3. The van der Waals surface area contributed by atoms with Crippen LogP contribution < -0.4 is 0 Å². The van der Waals surface area contributed by atoms with E-state index in [1.165, 1.54) is 12.2 Å². The monoisotopic (exact) mass is 180 g/mol. The Bertz CT molecular complexity index is 259. The summed E-state index contributed by atoms with van der Waals surface area (Å²) in [5.74, 6) is 10.1. The van der Waals surface area contributed by atoms with E-state index in [1.54, 1.807) is 0 Å². The normalized spacial score (nSPS) is 11.3. The Labute approximate surface area is 77.7 Å². The SMILES string of the molecule is OCC=CC#CC#CCC(O)CO. The fourth-order valence-corrected chi connectivity index (χ4v) is 0.467. The van der Waals surface area contributed by atoms with Gasteiger partial charge in [0.2, 0.25) is 0 Å². The molecule has 0 aromatic heterocycles. The molecule has 0 bridgehead atoms. The van der Waals surface area contributed by atoms with Crippen LogP contribution >= 0.6 is 0 Å². The zero-order valence-electron chi connectivity index (χ0n) is 7.20. The van der Waals surface area contributed by atoms with Gasteiger partial charge >= 0.3 is 0 Å². The molecule has 3 nitrogen and oxygen atoms in total. The molecule has 3 heteroatoms. The predicted octanol–water partition coefficient (Wildman–Crippen LogP) is -0.715. The average Bonchev–Trinajstić information content (AvgIpc) is 2.16. The van der Waals surface area contributed by atoms with Crippen molar-refractivity contribution in [1.29, 1.82) is 0 Å². The predicted molar refractivity (Wildman–Crippen MR) is 49.5 cm³/mol. The van der Waals surface area contributed by atoms with Crippen LogP contribution in [0.4, 0.5) is 0 Å². The van der Waals surface area contributed by atoms with Crippen LogP contribution in [0.15, 0.2) is 12.2 Å². The van der Waals surface area contributed by atoms with Gasteiger partial charge < -0.3 is 15.3 Å². The van der Waals surface area contributed by atoms with E-state index in [-0.39, 0.29) is 19.6 Å². The highest BCUT2D eigenvalue weighted by molar-refractivity contribution is 5.30. The summed E-state index contributed by atoms with van der Waals surface area (Å²) in [6.07, 6.45) is 2.42. The van der Waals surface area contributed by atoms with Gasteiger partial charge in [0.1, 0.15) is 0 Å². The first kappa shape index (κ1) is 11.7. The zero-order valence-corrected chi connectivity index (χ0v) is 7.20. The van der Waals surface area contributed by atoms with E-state index in [1.807, 2.05) is 0 Å². The Balaban J connectivity index is 3.70. The van der Waals surface area contributed by atoms with Gasteiger partial charge in [0.15, 0.2) is 0 Å². The lowest BCUT2D eigenvalue weighted by molar-refractivity contribution is 0.0992. The molecular weight excluding hydrogens is 168 g/mol. The smallest absolute Gasteiger partial charge is 0.0880 e. The van der Waals surface area contributed by atoms with Crippen LogP contribution in [-0.2, 0) is 0 Å². The highest BCUT2D eigenvalue weighted by Gasteiger charge is 1.95. The molecule has 0 aliphatic heterocycles. The van der Waals surface area contributed by atoms with Crippen molar-refractivity contribution >= 4 is 0 Å². The molecule has 0 saturated heterocycles. The summed E-state index contributed by atoms with van der Waals surface area (Å²) in [7, 11) is 0. The lowest BCUT2D eigenvalue weighted by Gasteiger charge is -1.97. The Kier molecular flexibility index (Phi) is 7.98. The largest absolute Gasteiger partial charge is 0.394 e. The molecule has 0 aliphatic carbocycles. The molecule has 0 spiro atoms. The van der Waals surface area contributed by atoms with E-state index in [2.05, 4.69) is 23.7 Å². The zero-order chi connectivity index (χ0) is 9.94. The summed E-state index contributed by atoms with van der Waals surface area (Å²) < 4.78 is 0. The van der Waals surface area contributed by atoms with Gasteiger partial charge in [-0.2, -0.15) is 0 Å². The van der Waals surface area contributed by atoms with Gasteiger partial charge in [0.25, 0.3) is 0 Å². The maximum Gasteiger partial charge on any atom is 0.0880 e. The molecule has 0 amide bonds. The molecule has 0 saturated carbocycles. The van der Waals surface area contributed by atoms with Gasteiger partial charge in [-0.05, 0) is 17.9 Å². The van der Waals surface area contributed by atoms with Gasteiger partial charge in [0, 0.05) is 6.42 Å². The lowest BCUT2D eigenvalue weighted by Crippen LogP contribution is -2.09. The number of aliphatic hydroxyl groups is 3. The van der Waals surface area contributed by atoms with E-state index in [0.29, 0.717) is 0 Å². The van der Waals surface area contributed by atoms with Crippen LogP contribution in [0.3, 0.4) is 0 Å². The Morgan fingerprint density at radius 1 is 1.23 bits per heavy atom. The molecule has 3 N–H and O–H groups in total. The van der Waals surface area contributed by atoms with E-state index in [0.717, 1.165) is 0 Å². The van der Waals surface area contributed by atoms with Gasteiger partial charge in [-0.3, -0.25) is 0 Å². The van der Waals surface area contributed by atoms with Crippen molar-refractivity contribution in [3.63, 3.8) is 0 Å². The van der Waals surface area contributed by atoms with Gasteiger partial charge in [0.05, 0.1) is 19.3 Å². The highest BCUT2D eigenvalue weighted by Crippen LogP contribution is 1.85. The van der Waals surface area contributed by atoms with Crippen molar-refractivity contribution in [3.05, 3.63) is 12.2 Å². The van der Waals surface area contributed by atoms with Gasteiger partial charge in [-0.15, -0.1) is 0 Å². The van der Waals surface area contributed by atoms with Crippen molar-refractivity contribution < 1.29 is 15.3 Å². The third-order valence-corrected chi connectivity index (χ3v) is 1.08. The van der Waals surface area contributed by atoms with E-state index >= 15 is 0 Å². The molecule has 0 aromatic rings. The molecule has 1 unspecified atom stereocenters. The number of hydrogen-bond donors (Lipinski definition) is 3. The third kappa shape index (κ3) is 8.65. The summed E-state index contributed by atoms with van der Waals surface area (Å²) in [5.41, 5.74) is 0. The molecule has 0 heterocycles.